The Bertz CT molecular complexity index is 282. The average Bonchev–Trinajstić information content (AvgIpc) is 2.20. The minimum Gasteiger partial charge on any atom is -0.371 e. The van der Waals surface area contributed by atoms with Crippen molar-refractivity contribution in [2.45, 2.75) is 6.42 Å². The van der Waals surface area contributed by atoms with Gasteiger partial charge in [-0.05, 0) is 6.42 Å². The molecule has 0 fully saturated rings. The SMILES string of the molecule is S=C(S)NCCCN(CCNC(=S)S)C(=S)S. The summed E-state index contributed by atoms with van der Waals surface area (Å²) in [4.78, 5) is 1.99. The van der Waals surface area contributed by atoms with Crippen LogP contribution in [-0.4, -0.2) is 44.0 Å². The van der Waals surface area contributed by atoms with Crippen LogP contribution in [0, 0.1) is 0 Å². The molecule has 0 aliphatic heterocycles. The Morgan fingerprint density at radius 3 is 1.88 bits per heavy atom. The van der Waals surface area contributed by atoms with E-state index in [1.807, 2.05) is 4.90 Å². The highest BCUT2D eigenvalue weighted by atomic mass is 32.1. The third kappa shape index (κ3) is 11.5. The number of thiocarbonyl (C=S) groups is 3. The highest BCUT2D eigenvalue weighted by molar-refractivity contribution is 8.11. The van der Waals surface area contributed by atoms with Gasteiger partial charge in [0.1, 0.15) is 13.0 Å². The number of hydrogen-bond acceptors (Lipinski definition) is 3. The molecule has 0 atom stereocenters. The normalized spacial score (nSPS) is 9.59. The molecule has 0 aliphatic carbocycles. The molecule has 0 aromatic heterocycles. The Kier molecular flexibility index (Phi) is 11.1. The fourth-order valence-electron chi connectivity index (χ4n) is 1.07. The second-order valence-corrected chi connectivity index (χ2v) is 6.52. The van der Waals surface area contributed by atoms with Gasteiger partial charge in [0.15, 0.2) is 0 Å². The van der Waals surface area contributed by atoms with Crippen molar-refractivity contribution < 1.29 is 0 Å². The first-order valence-electron chi connectivity index (χ1n) is 4.85. The van der Waals surface area contributed by atoms with Crippen molar-refractivity contribution in [3.8, 4) is 0 Å². The van der Waals surface area contributed by atoms with Gasteiger partial charge in [0, 0.05) is 26.2 Å². The molecule has 0 aromatic rings. The van der Waals surface area contributed by atoms with Gasteiger partial charge in [-0.1, -0.05) is 36.7 Å². The summed E-state index contributed by atoms with van der Waals surface area (Å²) in [5, 5.41) is 5.92. The summed E-state index contributed by atoms with van der Waals surface area (Å²) in [6, 6.07) is 0. The Hall–Kier alpha value is 0.720. The largest absolute Gasteiger partial charge is 0.371 e. The van der Waals surface area contributed by atoms with Crippen molar-refractivity contribution in [2.75, 3.05) is 26.2 Å². The molecule has 0 amide bonds. The zero-order chi connectivity index (χ0) is 13.3. The second kappa shape index (κ2) is 10.6. The zero-order valence-corrected chi connectivity index (χ0v) is 14.2. The van der Waals surface area contributed by atoms with E-state index in [-0.39, 0.29) is 0 Å². The van der Waals surface area contributed by atoms with E-state index in [9.17, 15) is 0 Å². The minimum absolute atomic E-state index is 0.483. The number of rotatable bonds is 7. The van der Waals surface area contributed by atoms with Gasteiger partial charge in [-0.25, -0.2) is 0 Å². The summed E-state index contributed by atoms with van der Waals surface area (Å²) in [6.07, 6.45) is 0.909. The van der Waals surface area contributed by atoms with Crippen molar-refractivity contribution in [2.24, 2.45) is 0 Å². The van der Waals surface area contributed by atoms with Gasteiger partial charge < -0.3 is 15.5 Å². The molecule has 3 nitrogen and oxygen atoms in total. The number of thiol groups is 3. The first kappa shape index (κ1) is 17.7. The Labute approximate surface area is 135 Å². The lowest BCUT2D eigenvalue weighted by Gasteiger charge is -2.22. The van der Waals surface area contributed by atoms with E-state index < -0.39 is 0 Å². The van der Waals surface area contributed by atoms with E-state index in [4.69, 9.17) is 36.7 Å². The van der Waals surface area contributed by atoms with Crippen LogP contribution in [-0.2, 0) is 0 Å². The molecule has 0 aromatic carbocycles. The molecular weight excluding hydrogens is 331 g/mol. The molecule has 9 heteroatoms. The van der Waals surface area contributed by atoms with Gasteiger partial charge in [-0.2, -0.15) is 0 Å². The van der Waals surface area contributed by atoms with Crippen LogP contribution >= 0.6 is 74.5 Å². The molecule has 17 heavy (non-hydrogen) atoms. The molecule has 0 unspecified atom stereocenters. The van der Waals surface area contributed by atoms with Crippen LogP contribution in [0.5, 0.6) is 0 Å². The van der Waals surface area contributed by atoms with E-state index in [0.717, 1.165) is 26.1 Å². The van der Waals surface area contributed by atoms with E-state index in [1.54, 1.807) is 0 Å². The fourth-order valence-corrected chi connectivity index (χ4v) is 1.88. The molecule has 0 heterocycles. The van der Waals surface area contributed by atoms with Crippen LogP contribution < -0.4 is 10.6 Å². The molecule has 0 radical (unpaired) electrons. The fraction of sp³-hybridized carbons (Fsp3) is 0.625. The molecule has 0 bridgehead atoms. The first-order valence-corrected chi connectivity index (χ1v) is 7.41. The lowest BCUT2D eigenvalue weighted by Crippen LogP contribution is -2.36. The maximum absolute atomic E-state index is 5.05. The van der Waals surface area contributed by atoms with Crippen molar-refractivity contribution >= 4 is 87.5 Å². The first-order chi connectivity index (χ1) is 7.93. The van der Waals surface area contributed by atoms with Crippen LogP contribution in [0.3, 0.4) is 0 Å². The predicted molar refractivity (Wildman–Crippen MR) is 96.9 cm³/mol. The van der Waals surface area contributed by atoms with Crippen LogP contribution in [0.4, 0.5) is 0 Å². The van der Waals surface area contributed by atoms with Crippen LogP contribution in [0.15, 0.2) is 0 Å². The molecule has 0 saturated carbocycles. The van der Waals surface area contributed by atoms with Crippen molar-refractivity contribution in [3.05, 3.63) is 0 Å². The quantitative estimate of drug-likeness (QED) is 0.273. The lowest BCUT2D eigenvalue weighted by molar-refractivity contribution is 0.427. The van der Waals surface area contributed by atoms with Crippen LogP contribution in [0.1, 0.15) is 6.42 Å². The lowest BCUT2D eigenvalue weighted by atomic mass is 10.4. The second-order valence-electron chi connectivity index (χ2n) is 3.09. The summed E-state index contributed by atoms with van der Waals surface area (Å²) in [5.74, 6) is 0. The monoisotopic (exact) mass is 345 g/mol. The highest BCUT2D eigenvalue weighted by Gasteiger charge is 2.05. The van der Waals surface area contributed by atoms with Crippen molar-refractivity contribution in [3.63, 3.8) is 0 Å². The maximum Gasteiger partial charge on any atom is 0.133 e. The van der Waals surface area contributed by atoms with Gasteiger partial charge in [0.05, 0.1) is 0 Å². The topological polar surface area (TPSA) is 27.3 Å². The standard InChI is InChI=1S/C8H15N3S6/c12-6(13)9-2-1-4-11(8(16)17)5-3-10-7(14)15/h1-5H2,(H,16,17)(H2,9,12,13)(H2,10,14,15). The number of nitrogens with zero attached hydrogens (tertiary/aromatic N) is 1. The summed E-state index contributed by atoms with van der Waals surface area (Å²) < 4.78 is 1.56. The third-order valence-corrected chi connectivity index (χ3v) is 2.96. The predicted octanol–water partition coefficient (Wildman–Crippen LogP) is 1.50. The van der Waals surface area contributed by atoms with Gasteiger partial charge >= 0.3 is 0 Å². The van der Waals surface area contributed by atoms with E-state index in [2.05, 4.69) is 48.5 Å². The van der Waals surface area contributed by atoms with Crippen LogP contribution in [0.2, 0.25) is 0 Å². The minimum atomic E-state index is 0.483. The van der Waals surface area contributed by atoms with E-state index in [1.165, 1.54) is 0 Å². The molecule has 0 aliphatic rings. The average molecular weight is 346 g/mol. The highest BCUT2D eigenvalue weighted by Crippen LogP contribution is 1.98. The summed E-state index contributed by atoms with van der Waals surface area (Å²) in [6.45, 7) is 3.02. The Morgan fingerprint density at radius 1 is 0.882 bits per heavy atom. The molecule has 0 rings (SSSR count). The number of hydrogen-bond donors (Lipinski definition) is 5. The van der Waals surface area contributed by atoms with Crippen molar-refractivity contribution in [1.82, 2.24) is 15.5 Å². The molecule has 0 saturated heterocycles. The summed E-state index contributed by atoms with van der Waals surface area (Å²) in [5.41, 5.74) is 0. The third-order valence-electron chi connectivity index (χ3n) is 1.81. The smallest absolute Gasteiger partial charge is 0.133 e. The molecule has 2 N–H and O–H groups in total. The summed E-state index contributed by atoms with van der Waals surface area (Å²) in [7, 11) is 0. The summed E-state index contributed by atoms with van der Waals surface area (Å²) >= 11 is 26.8. The van der Waals surface area contributed by atoms with Crippen molar-refractivity contribution in [1.29, 1.82) is 0 Å². The molecule has 98 valence electrons. The van der Waals surface area contributed by atoms with Crippen LogP contribution in [0.25, 0.3) is 0 Å². The maximum atomic E-state index is 5.05. The molecular formula is C8H15N3S6. The number of nitrogens with one attached hydrogen (secondary N) is 2. The Balaban J connectivity index is 3.79. The zero-order valence-electron chi connectivity index (χ0n) is 9.05. The van der Waals surface area contributed by atoms with Gasteiger partial charge in [0.25, 0.3) is 0 Å². The molecule has 0 spiro atoms. The van der Waals surface area contributed by atoms with Gasteiger partial charge in [-0.15, -0.1) is 37.9 Å². The van der Waals surface area contributed by atoms with Gasteiger partial charge in [-0.3, -0.25) is 0 Å². The van der Waals surface area contributed by atoms with E-state index in [0.29, 0.717) is 19.5 Å². The van der Waals surface area contributed by atoms with Gasteiger partial charge in [0.2, 0.25) is 0 Å². The van der Waals surface area contributed by atoms with E-state index >= 15 is 0 Å². The Morgan fingerprint density at radius 2 is 1.41 bits per heavy atom.